The average molecular weight is 368 g/mol. The number of amides is 2. The van der Waals surface area contributed by atoms with Crippen molar-refractivity contribution in [1.29, 1.82) is 0 Å². The normalized spacial score (nSPS) is 30.0. The van der Waals surface area contributed by atoms with Crippen LogP contribution in [0.5, 0.6) is 0 Å². The number of nitrogens with one attached hydrogen (secondary N) is 1. The summed E-state index contributed by atoms with van der Waals surface area (Å²) in [4.78, 5) is 26.2. The molecule has 2 aromatic carbocycles. The van der Waals surface area contributed by atoms with Crippen LogP contribution in [-0.2, 0) is 14.5 Å². The number of carbonyl (C=O) groups excluding carboxylic acids is 1. The minimum absolute atomic E-state index is 0.266. The molecule has 3 atom stereocenters. The SMILES string of the molecule is CCC1(C)CC2(OC[C@H](c3ccccc3)N2C(=O)Nc2ccccc2)OO1. The first-order chi connectivity index (χ1) is 13.1. The molecule has 2 saturated heterocycles. The standard InChI is InChI=1S/C21H24N2O4/c1-3-20(2)15-21(27-26-20)23(19(24)22-17-12-8-5-9-13-17)18(14-25-21)16-10-6-4-7-11-16/h4-13,18H,3,14-15H2,1-2H3,(H,22,24)/t18-,20?,21?/m1/s1. The third-order valence-corrected chi connectivity index (χ3v) is 5.29. The van der Waals surface area contributed by atoms with Crippen LogP contribution < -0.4 is 5.32 Å². The van der Waals surface area contributed by atoms with E-state index in [0.29, 0.717) is 18.7 Å². The summed E-state index contributed by atoms with van der Waals surface area (Å²) in [5.74, 6) is -1.23. The van der Waals surface area contributed by atoms with Crippen molar-refractivity contribution in [2.24, 2.45) is 0 Å². The summed E-state index contributed by atoms with van der Waals surface area (Å²) in [7, 11) is 0. The molecule has 27 heavy (non-hydrogen) atoms. The third-order valence-electron chi connectivity index (χ3n) is 5.29. The zero-order valence-electron chi connectivity index (χ0n) is 15.6. The fourth-order valence-corrected chi connectivity index (χ4v) is 3.59. The molecule has 142 valence electrons. The smallest absolute Gasteiger partial charge is 0.326 e. The summed E-state index contributed by atoms with van der Waals surface area (Å²) in [5, 5.41) is 2.95. The molecule has 0 aromatic heterocycles. The van der Waals surface area contributed by atoms with Crippen molar-refractivity contribution in [3.8, 4) is 0 Å². The minimum Gasteiger partial charge on any atom is -0.328 e. The van der Waals surface area contributed by atoms with Gasteiger partial charge in [-0.05, 0) is 31.0 Å². The molecule has 0 aliphatic carbocycles. The molecule has 2 heterocycles. The van der Waals surface area contributed by atoms with E-state index in [1.807, 2.05) is 74.5 Å². The van der Waals surface area contributed by atoms with Gasteiger partial charge in [0.2, 0.25) is 0 Å². The Balaban J connectivity index is 1.67. The summed E-state index contributed by atoms with van der Waals surface area (Å²) in [6.07, 6.45) is 1.20. The lowest BCUT2D eigenvalue weighted by molar-refractivity contribution is -0.414. The Hall–Kier alpha value is -2.41. The first-order valence-corrected chi connectivity index (χ1v) is 9.26. The van der Waals surface area contributed by atoms with Gasteiger partial charge in [0.25, 0.3) is 5.91 Å². The van der Waals surface area contributed by atoms with Crippen LogP contribution in [0.25, 0.3) is 0 Å². The zero-order chi connectivity index (χ0) is 18.9. The molecule has 2 aliphatic rings. The first kappa shape index (κ1) is 18.0. The van der Waals surface area contributed by atoms with Crippen molar-refractivity contribution in [3.05, 3.63) is 66.2 Å². The van der Waals surface area contributed by atoms with Crippen LogP contribution in [0.1, 0.15) is 38.3 Å². The maximum absolute atomic E-state index is 13.3. The fourth-order valence-electron chi connectivity index (χ4n) is 3.59. The van der Waals surface area contributed by atoms with Crippen molar-refractivity contribution >= 4 is 11.7 Å². The lowest BCUT2D eigenvalue weighted by atomic mass is 9.96. The van der Waals surface area contributed by atoms with E-state index in [9.17, 15) is 4.79 Å². The van der Waals surface area contributed by atoms with Gasteiger partial charge in [0.15, 0.2) is 0 Å². The minimum atomic E-state index is -1.23. The van der Waals surface area contributed by atoms with Crippen molar-refractivity contribution < 1.29 is 19.3 Å². The predicted octanol–water partition coefficient (Wildman–Crippen LogP) is 4.47. The van der Waals surface area contributed by atoms with E-state index in [4.69, 9.17) is 14.5 Å². The Bertz CT molecular complexity index is 800. The van der Waals surface area contributed by atoms with Crippen LogP contribution in [-0.4, -0.2) is 29.1 Å². The van der Waals surface area contributed by atoms with E-state index in [1.54, 1.807) is 4.90 Å². The lowest BCUT2D eigenvalue weighted by Gasteiger charge is -2.33. The zero-order valence-corrected chi connectivity index (χ0v) is 15.6. The molecule has 0 bridgehead atoms. The van der Waals surface area contributed by atoms with Gasteiger partial charge in [-0.1, -0.05) is 55.5 Å². The summed E-state index contributed by atoms with van der Waals surface area (Å²) in [6.45, 7) is 4.34. The van der Waals surface area contributed by atoms with Crippen molar-refractivity contribution in [1.82, 2.24) is 4.90 Å². The molecule has 2 aromatic rings. The maximum Gasteiger partial charge on any atom is 0.326 e. The summed E-state index contributed by atoms with van der Waals surface area (Å²) in [5.41, 5.74) is 1.21. The number of carbonyl (C=O) groups is 1. The Morgan fingerprint density at radius 1 is 1.11 bits per heavy atom. The summed E-state index contributed by atoms with van der Waals surface area (Å²) < 4.78 is 6.06. The van der Waals surface area contributed by atoms with E-state index in [-0.39, 0.29) is 12.1 Å². The molecule has 6 heteroatoms. The van der Waals surface area contributed by atoms with Gasteiger partial charge in [-0.15, -0.1) is 0 Å². The van der Waals surface area contributed by atoms with Crippen LogP contribution >= 0.6 is 0 Å². The molecule has 1 spiro atoms. The second-order valence-electron chi connectivity index (χ2n) is 7.26. The number of hydrogen-bond acceptors (Lipinski definition) is 4. The van der Waals surface area contributed by atoms with E-state index >= 15 is 0 Å². The second-order valence-corrected chi connectivity index (χ2v) is 7.26. The molecule has 0 radical (unpaired) electrons. The Morgan fingerprint density at radius 2 is 1.78 bits per heavy atom. The monoisotopic (exact) mass is 368 g/mol. The largest absolute Gasteiger partial charge is 0.328 e. The molecule has 6 nitrogen and oxygen atoms in total. The van der Waals surface area contributed by atoms with Crippen LogP contribution in [0, 0.1) is 0 Å². The number of urea groups is 1. The van der Waals surface area contributed by atoms with E-state index in [2.05, 4.69) is 5.32 Å². The van der Waals surface area contributed by atoms with Crippen molar-refractivity contribution in [2.75, 3.05) is 11.9 Å². The van der Waals surface area contributed by atoms with Crippen molar-refractivity contribution in [3.63, 3.8) is 0 Å². The Labute approximate surface area is 159 Å². The van der Waals surface area contributed by atoms with Gasteiger partial charge < -0.3 is 10.1 Å². The molecule has 1 N–H and O–H groups in total. The molecular formula is C21H24N2O4. The number of nitrogens with zero attached hydrogens (tertiary/aromatic N) is 1. The van der Waals surface area contributed by atoms with Gasteiger partial charge in [-0.3, -0.25) is 4.90 Å². The van der Waals surface area contributed by atoms with Gasteiger partial charge in [-0.25, -0.2) is 9.68 Å². The molecule has 0 saturated carbocycles. The summed E-state index contributed by atoms with van der Waals surface area (Å²) in [6, 6.07) is 18.7. The third kappa shape index (κ3) is 3.32. The fraction of sp³-hybridized carbons (Fsp3) is 0.381. The lowest BCUT2D eigenvalue weighted by Crippen LogP contribution is -2.51. The number of para-hydroxylation sites is 1. The number of anilines is 1. The van der Waals surface area contributed by atoms with Crippen LogP contribution in [0.4, 0.5) is 10.5 Å². The maximum atomic E-state index is 13.3. The molecule has 2 fully saturated rings. The number of rotatable bonds is 3. The topological polar surface area (TPSA) is 60.0 Å². The highest BCUT2D eigenvalue weighted by Crippen LogP contribution is 2.48. The van der Waals surface area contributed by atoms with Crippen LogP contribution in [0.15, 0.2) is 60.7 Å². The van der Waals surface area contributed by atoms with E-state index in [0.717, 1.165) is 12.0 Å². The van der Waals surface area contributed by atoms with E-state index in [1.165, 1.54) is 0 Å². The first-order valence-electron chi connectivity index (χ1n) is 9.26. The quantitative estimate of drug-likeness (QED) is 0.812. The molecule has 2 aliphatic heterocycles. The highest BCUT2D eigenvalue weighted by molar-refractivity contribution is 5.90. The van der Waals surface area contributed by atoms with Gasteiger partial charge in [0.05, 0.1) is 19.1 Å². The summed E-state index contributed by atoms with van der Waals surface area (Å²) >= 11 is 0. The number of hydrogen-bond donors (Lipinski definition) is 1. The van der Waals surface area contributed by atoms with Crippen LogP contribution in [0.2, 0.25) is 0 Å². The van der Waals surface area contributed by atoms with Gasteiger partial charge in [-0.2, -0.15) is 4.89 Å². The van der Waals surface area contributed by atoms with Gasteiger partial charge >= 0.3 is 6.03 Å². The molecular weight excluding hydrogens is 344 g/mol. The van der Waals surface area contributed by atoms with Crippen LogP contribution in [0.3, 0.4) is 0 Å². The number of ether oxygens (including phenoxy) is 1. The van der Waals surface area contributed by atoms with Crippen molar-refractivity contribution in [2.45, 2.75) is 44.2 Å². The van der Waals surface area contributed by atoms with Gasteiger partial charge in [0, 0.05) is 5.69 Å². The highest BCUT2D eigenvalue weighted by atomic mass is 17.3. The van der Waals surface area contributed by atoms with Gasteiger partial charge in [0.1, 0.15) is 5.60 Å². The predicted molar refractivity (Wildman–Crippen MR) is 101 cm³/mol. The number of benzene rings is 2. The van der Waals surface area contributed by atoms with E-state index < -0.39 is 11.5 Å². The molecule has 2 amide bonds. The Morgan fingerprint density at radius 3 is 2.41 bits per heavy atom. The average Bonchev–Trinajstić information content (AvgIpc) is 3.24. The second kappa shape index (κ2) is 6.96. The Kier molecular flexibility index (Phi) is 4.63. The highest BCUT2D eigenvalue weighted by Gasteiger charge is 2.61. The molecule has 2 unspecified atom stereocenters. The molecule has 4 rings (SSSR count).